The smallest absolute Gasteiger partial charge is 0.213 e. The van der Waals surface area contributed by atoms with E-state index in [1.54, 1.807) is 13.1 Å². The number of Topliss-reactive ketones (excluding diaryl/α,β-unsaturated/α-hetero) is 1. The highest BCUT2D eigenvalue weighted by molar-refractivity contribution is 5.81. The van der Waals surface area contributed by atoms with Crippen LogP contribution in [0.2, 0.25) is 0 Å². The fourth-order valence-electron chi connectivity index (χ4n) is 3.72. The second-order valence-electron chi connectivity index (χ2n) is 8.16. The Labute approximate surface area is 185 Å². The SMILES string of the molecule is CC(=O)[C@@H](N)CCN(CCCCc1ccc2c(n1)NCCC2)CCOc1ccccn1. The first-order valence-corrected chi connectivity index (χ1v) is 11.4. The van der Waals surface area contributed by atoms with Crippen molar-refractivity contribution in [2.45, 2.75) is 51.5 Å². The van der Waals surface area contributed by atoms with Crippen LogP contribution in [0.25, 0.3) is 0 Å². The Hall–Kier alpha value is -2.51. The molecule has 0 amide bonds. The number of hydrogen-bond donors (Lipinski definition) is 2. The number of anilines is 1. The number of carbonyl (C=O) groups is 1. The summed E-state index contributed by atoms with van der Waals surface area (Å²) in [6, 6.07) is 9.62. The van der Waals surface area contributed by atoms with Crippen molar-refractivity contribution >= 4 is 11.6 Å². The number of carbonyl (C=O) groups excluding carboxylic acids is 1. The maximum absolute atomic E-state index is 11.5. The van der Waals surface area contributed by atoms with Gasteiger partial charge in [0.2, 0.25) is 5.88 Å². The summed E-state index contributed by atoms with van der Waals surface area (Å²) >= 11 is 0. The van der Waals surface area contributed by atoms with Crippen LogP contribution in [0.3, 0.4) is 0 Å². The van der Waals surface area contributed by atoms with Crippen LogP contribution in [0.4, 0.5) is 5.82 Å². The van der Waals surface area contributed by atoms with E-state index in [0.29, 0.717) is 18.9 Å². The van der Waals surface area contributed by atoms with E-state index >= 15 is 0 Å². The van der Waals surface area contributed by atoms with Gasteiger partial charge in [-0.2, -0.15) is 0 Å². The molecule has 1 aliphatic heterocycles. The van der Waals surface area contributed by atoms with Crippen LogP contribution in [-0.4, -0.2) is 59.5 Å². The van der Waals surface area contributed by atoms with Crippen molar-refractivity contribution in [2.24, 2.45) is 5.73 Å². The third-order valence-electron chi connectivity index (χ3n) is 5.68. The predicted octanol–water partition coefficient (Wildman–Crippen LogP) is 2.84. The van der Waals surface area contributed by atoms with Gasteiger partial charge in [0.25, 0.3) is 0 Å². The number of aryl methyl sites for hydroxylation is 2. The number of unbranched alkanes of at least 4 members (excludes halogenated alkanes) is 1. The molecule has 0 radical (unpaired) electrons. The van der Waals surface area contributed by atoms with E-state index in [-0.39, 0.29) is 5.78 Å². The van der Waals surface area contributed by atoms with E-state index in [9.17, 15) is 4.79 Å². The number of nitrogens with two attached hydrogens (primary N) is 1. The molecule has 7 heteroatoms. The summed E-state index contributed by atoms with van der Waals surface area (Å²) in [4.78, 5) is 22.8. The Balaban J connectivity index is 1.43. The summed E-state index contributed by atoms with van der Waals surface area (Å²) in [6.45, 7) is 5.64. The van der Waals surface area contributed by atoms with Crippen LogP contribution in [0, 0.1) is 0 Å². The third-order valence-corrected chi connectivity index (χ3v) is 5.68. The number of rotatable bonds is 13. The van der Waals surface area contributed by atoms with Crippen LogP contribution < -0.4 is 15.8 Å². The van der Waals surface area contributed by atoms with Crippen LogP contribution in [0.15, 0.2) is 36.5 Å². The Kier molecular flexibility index (Phi) is 9.24. The Morgan fingerprint density at radius 2 is 2.13 bits per heavy atom. The van der Waals surface area contributed by atoms with Gasteiger partial charge in [-0.15, -0.1) is 0 Å². The molecule has 0 saturated carbocycles. The Bertz CT molecular complexity index is 815. The third kappa shape index (κ3) is 7.92. The summed E-state index contributed by atoms with van der Waals surface area (Å²) in [5, 5.41) is 3.41. The predicted molar refractivity (Wildman–Crippen MR) is 123 cm³/mol. The molecule has 3 rings (SSSR count). The molecule has 0 bridgehead atoms. The molecule has 0 saturated heterocycles. The molecule has 3 N–H and O–H groups in total. The second kappa shape index (κ2) is 12.4. The highest BCUT2D eigenvalue weighted by Crippen LogP contribution is 2.20. The summed E-state index contributed by atoms with van der Waals surface area (Å²) in [5.41, 5.74) is 8.42. The summed E-state index contributed by atoms with van der Waals surface area (Å²) in [7, 11) is 0. The molecular formula is C24H35N5O2. The van der Waals surface area contributed by atoms with Gasteiger partial charge in [0.1, 0.15) is 18.2 Å². The molecule has 2 aromatic rings. The maximum atomic E-state index is 11.5. The minimum absolute atomic E-state index is 0.0387. The molecule has 0 fully saturated rings. The quantitative estimate of drug-likeness (QED) is 0.477. The normalized spacial score (nSPS) is 14.0. The van der Waals surface area contributed by atoms with Crippen molar-refractivity contribution in [1.29, 1.82) is 0 Å². The molecule has 168 valence electrons. The van der Waals surface area contributed by atoms with Gasteiger partial charge in [-0.3, -0.25) is 9.69 Å². The minimum atomic E-state index is -0.397. The fraction of sp³-hybridized carbons (Fsp3) is 0.542. The number of ketones is 1. The fourth-order valence-corrected chi connectivity index (χ4v) is 3.72. The van der Waals surface area contributed by atoms with Gasteiger partial charge in [-0.25, -0.2) is 9.97 Å². The van der Waals surface area contributed by atoms with Crippen molar-refractivity contribution < 1.29 is 9.53 Å². The number of hydrogen-bond acceptors (Lipinski definition) is 7. The van der Waals surface area contributed by atoms with Crippen molar-refractivity contribution in [3.8, 4) is 5.88 Å². The lowest BCUT2D eigenvalue weighted by atomic mass is 10.1. The molecule has 31 heavy (non-hydrogen) atoms. The molecule has 0 spiro atoms. The molecule has 1 aliphatic rings. The molecule has 1 atom stereocenters. The molecule has 0 aliphatic carbocycles. The number of fused-ring (bicyclic) bond motifs is 1. The van der Waals surface area contributed by atoms with Crippen molar-refractivity contribution in [2.75, 3.05) is 38.1 Å². The van der Waals surface area contributed by atoms with Gasteiger partial charge in [-0.1, -0.05) is 12.1 Å². The van der Waals surface area contributed by atoms with Crippen LogP contribution in [0.5, 0.6) is 5.88 Å². The first-order valence-electron chi connectivity index (χ1n) is 11.4. The van der Waals surface area contributed by atoms with Crippen LogP contribution >= 0.6 is 0 Å². The van der Waals surface area contributed by atoms with E-state index in [1.807, 2.05) is 18.2 Å². The highest BCUT2D eigenvalue weighted by Gasteiger charge is 2.13. The summed E-state index contributed by atoms with van der Waals surface area (Å²) in [6.07, 6.45) is 7.79. The summed E-state index contributed by atoms with van der Waals surface area (Å²) < 4.78 is 5.75. The van der Waals surface area contributed by atoms with E-state index in [4.69, 9.17) is 15.5 Å². The van der Waals surface area contributed by atoms with Crippen molar-refractivity contribution in [1.82, 2.24) is 14.9 Å². The first-order chi connectivity index (χ1) is 15.1. The number of aromatic nitrogens is 2. The first kappa shape index (κ1) is 23.2. The summed E-state index contributed by atoms with van der Waals surface area (Å²) in [5.74, 6) is 1.74. The molecule has 7 nitrogen and oxygen atoms in total. The zero-order chi connectivity index (χ0) is 21.9. The average molecular weight is 426 g/mol. The number of ether oxygens (including phenoxy) is 1. The van der Waals surface area contributed by atoms with Crippen LogP contribution in [-0.2, 0) is 17.6 Å². The van der Waals surface area contributed by atoms with Crippen LogP contribution in [0.1, 0.15) is 43.9 Å². The topological polar surface area (TPSA) is 93.4 Å². The van der Waals surface area contributed by atoms with Gasteiger partial charge < -0.3 is 15.8 Å². The van der Waals surface area contributed by atoms with E-state index in [2.05, 4.69) is 27.3 Å². The lowest BCUT2D eigenvalue weighted by Gasteiger charge is -2.23. The average Bonchev–Trinajstić information content (AvgIpc) is 2.80. The lowest BCUT2D eigenvalue weighted by molar-refractivity contribution is -0.118. The molecule has 0 unspecified atom stereocenters. The van der Waals surface area contributed by atoms with E-state index < -0.39 is 6.04 Å². The number of nitrogens with zero attached hydrogens (tertiary/aromatic N) is 3. The highest BCUT2D eigenvalue weighted by atomic mass is 16.5. The van der Waals surface area contributed by atoms with Gasteiger partial charge in [0, 0.05) is 37.6 Å². The minimum Gasteiger partial charge on any atom is -0.476 e. The maximum Gasteiger partial charge on any atom is 0.213 e. The Morgan fingerprint density at radius 1 is 1.23 bits per heavy atom. The second-order valence-corrected chi connectivity index (χ2v) is 8.16. The molecule has 3 heterocycles. The van der Waals surface area contributed by atoms with Gasteiger partial charge >= 0.3 is 0 Å². The monoisotopic (exact) mass is 425 g/mol. The van der Waals surface area contributed by atoms with Gasteiger partial charge in [0.05, 0.1) is 6.04 Å². The molecule has 2 aromatic heterocycles. The van der Waals surface area contributed by atoms with Gasteiger partial charge in [-0.05, 0) is 69.7 Å². The zero-order valence-corrected chi connectivity index (χ0v) is 18.6. The molecular weight excluding hydrogens is 390 g/mol. The lowest BCUT2D eigenvalue weighted by Crippen LogP contribution is -2.36. The standard InChI is InChI=1S/C24H35N5O2/c1-19(30)22(25)12-16-29(17-18-31-23-9-2-4-13-26-23)15-5-3-8-21-11-10-20-7-6-14-27-24(20)28-21/h2,4,9-11,13,22H,3,5-8,12,14-18,25H2,1H3,(H,27,28)/t22-/m0/s1. The molecule has 0 aromatic carbocycles. The van der Waals surface area contributed by atoms with E-state index in [0.717, 1.165) is 63.4 Å². The number of nitrogens with one attached hydrogen (secondary N) is 1. The number of pyridine rings is 2. The van der Waals surface area contributed by atoms with Crippen molar-refractivity contribution in [3.05, 3.63) is 47.8 Å². The largest absolute Gasteiger partial charge is 0.476 e. The van der Waals surface area contributed by atoms with Gasteiger partial charge in [0.15, 0.2) is 0 Å². The van der Waals surface area contributed by atoms with Crippen molar-refractivity contribution in [3.63, 3.8) is 0 Å². The Morgan fingerprint density at radius 3 is 2.94 bits per heavy atom. The van der Waals surface area contributed by atoms with E-state index in [1.165, 1.54) is 12.0 Å². The zero-order valence-electron chi connectivity index (χ0n) is 18.6.